The van der Waals surface area contributed by atoms with E-state index in [1.165, 1.54) is 11.1 Å². The molecule has 0 unspecified atom stereocenters. The van der Waals surface area contributed by atoms with Crippen LogP contribution in [0.25, 0.3) is 0 Å². The van der Waals surface area contributed by atoms with Crippen LogP contribution in [0.2, 0.25) is 0 Å². The third kappa shape index (κ3) is 5.05. The van der Waals surface area contributed by atoms with Crippen LogP contribution in [0, 0.1) is 12.8 Å². The zero-order chi connectivity index (χ0) is 15.2. The molecule has 0 aliphatic heterocycles. The van der Waals surface area contributed by atoms with Crippen molar-refractivity contribution in [1.82, 2.24) is 10.6 Å². The predicted molar refractivity (Wildman–Crippen MR) is 84.3 cm³/mol. The summed E-state index contributed by atoms with van der Waals surface area (Å²) in [6.45, 7) is 5.47. The lowest BCUT2D eigenvalue weighted by molar-refractivity contribution is 0.177. The Morgan fingerprint density at radius 2 is 2.19 bits per heavy atom. The quantitative estimate of drug-likeness (QED) is 0.780. The molecule has 2 rings (SSSR count). The standard InChI is InChI=1S/C17H26N2O2/c1-12-4-3-5-15(8-12)13(2)10-18-17(21)19-11-14-6-7-16(20)9-14/h3-5,8,13-14,16,20H,6-7,9-11H2,1-2H3,(H2,18,19,21)/t13-,14+,16+/m1/s1. The van der Waals surface area contributed by atoms with E-state index < -0.39 is 0 Å². The number of carbonyl (C=O) groups excluding carboxylic acids is 1. The summed E-state index contributed by atoms with van der Waals surface area (Å²) in [6.07, 6.45) is 2.49. The van der Waals surface area contributed by atoms with Gasteiger partial charge in [0.15, 0.2) is 0 Å². The van der Waals surface area contributed by atoms with Gasteiger partial charge in [0.05, 0.1) is 6.10 Å². The minimum Gasteiger partial charge on any atom is -0.393 e. The first kappa shape index (κ1) is 15.8. The molecular weight excluding hydrogens is 264 g/mol. The maximum atomic E-state index is 11.8. The van der Waals surface area contributed by atoms with Gasteiger partial charge >= 0.3 is 6.03 Å². The van der Waals surface area contributed by atoms with Crippen molar-refractivity contribution >= 4 is 6.03 Å². The number of hydrogen-bond donors (Lipinski definition) is 3. The Bertz CT molecular complexity index is 476. The number of benzene rings is 1. The van der Waals surface area contributed by atoms with Gasteiger partial charge in [0.1, 0.15) is 0 Å². The highest BCUT2D eigenvalue weighted by molar-refractivity contribution is 5.73. The number of aryl methyl sites for hydroxylation is 1. The van der Waals surface area contributed by atoms with Gasteiger partial charge in [-0.2, -0.15) is 0 Å². The molecule has 1 aliphatic carbocycles. The summed E-state index contributed by atoms with van der Waals surface area (Å²) in [5.74, 6) is 0.712. The zero-order valence-corrected chi connectivity index (χ0v) is 12.9. The van der Waals surface area contributed by atoms with Crippen molar-refractivity contribution in [3.63, 3.8) is 0 Å². The van der Waals surface area contributed by atoms with E-state index in [4.69, 9.17) is 0 Å². The molecule has 1 saturated carbocycles. The van der Waals surface area contributed by atoms with Gasteiger partial charge in [-0.05, 0) is 43.6 Å². The SMILES string of the molecule is Cc1cccc([C@H](C)CNC(=O)NC[C@H]2CC[C@H](O)C2)c1. The molecule has 0 bridgehead atoms. The van der Waals surface area contributed by atoms with Crippen LogP contribution < -0.4 is 10.6 Å². The number of urea groups is 1. The van der Waals surface area contributed by atoms with Gasteiger partial charge < -0.3 is 15.7 Å². The van der Waals surface area contributed by atoms with Crippen molar-refractivity contribution in [2.24, 2.45) is 5.92 Å². The number of rotatable bonds is 5. The minimum atomic E-state index is -0.179. The smallest absolute Gasteiger partial charge is 0.314 e. The fourth-order valence-corrected chi connectivity index (χ4v) is 2.87. The first-order chi connectivity index (χ1) is 10.0. The molecule has 1 aromatic rings. The number of hydrogen-bond acceptors (Lipinski definition) is 2. The molecule has 0 heterocycles. The highest BCUT2D eigenvalue weighted by Gasteiger charge is 2.22. The topological polar surface area (TPSA) is 61.4 Å². The maximum Gasteiger partial charge on any atom is 0.314 e. The van der Waals surface area contributed by atoms with Crippen LogP contribution in [0.5, 0.6) is 0 Å². The molecule has 3 N–H and O–H groups in total. The van der Waals surface area contributed by atoms with E-state index in [0.29, 0.717) is 24.9 Å². The minimum absolute atomic E-state index is 0.115. The average molecular weight is 290 g/mol. The van der Waals surface area contributed by atoms with Crippen LogP contribution >= 0.6 is 0 Å². The van der Waals surface area contributed by atoms with Crippen LogP contribution in [-0.4, -0.2) is 30.3 Å². The second-order valence-electron chi connectivity index (χ2n) is 6.24. The van der Waals surface area contributed by atoms with Gasteiger partial charge in [0.25, 0.3) is 0 Å². The molecule has 0 aromatic heterocycles. The lowest BCUT2D eigenvalue weighted by atomic mass is 9.99. The van der Waals surface area contributed by atoms with Crippen molar-refractivity contribution < 1.29 is 9.90 Å². The molecule has 1 aliphatic rings. The van der Waals surface area contributed by atoms with Crippen LogP contribution in [0.4, 0.5) is 4.79 Å². The molecule has 116 valence electrons. The Balaban J connectivity index is 1.68. The highest BCUT2D eigenvalue weighted by Crippen LogP contribution is 2.24. The zero-order valence-electron chi connectivity index (χ0n) is 12.9. The lowest BCUT2D eigenvalue weighted by Crippen LogP contribution is -2.39. The normalized spacial score (nSPS) is 22.8. The molecule has 3 atom stereocenters. The molecule has 4 heteroatoms. The summed E-state index contributed by atoms with van der Waals surface area (Å²) in [5.41, 5.74) is 2.48. The van der Waals surface area contributed by atoms with E-state index in [0.717, 1.165) is 19.3 Å². The molecule has 2 amide bonds. The molecule has 21 heavy (non-hydrogen) atoms. The van der Waals surface area contributed by atoms with E-state index in [-0.39, 0.29) is 12.1 Å². The molecule has 1 fully saturated rings. The Morgan fingerprint density at radius 3 is 2.86 bits per heavy atom. The summed E-state index contributed by atoms with van der Waals surface area (Å²) in [7, 11) is 0. The summed E-state index contributed by atoms with van der Waals surface area (Å²) in [5, 5.41) is 15.3. The lowest BCUT2D eigenvalue weighted by Gasteiger charge is -2.15. The van der Waals surface area contributed by atoms with E-state index in [9.17, 15) is 9.90 Å². The number of carbonyl (C=O) groups is 1. The van der Waals surface area contributed by atoms with Crippen molar-refractivity contribution in [3.05, 3.63) is 35.4 Å². The largest absolute Gasteiger partial charge is 0.393 e. The van der Waals surface area contributed by atoms with Gasteiger partial charge in [0.2, 0.25) is 0 Å². The Morgan fingerprint density at radius 1 is 1.38 bits per heavy atom. The second kappa shape index (κ2) is 7.46. The monoisotopic (exact) mass is 290 g/mol. The number of aliphatic hydroxyl groups is 1. The summed E-state index contributed by atoms with van der Waals surface area (Å²) in [4.78, 5) is 11.8. The Hall–Kier alpha value is -1.55. The van der Waals surface area contributed by atoms with Gasteiger partial charge in [-0.3, -0.25) is 0 Å². The molecule has 1 aromatic carbocycles. The van der Waals surface area contributed by atoms with Crippen molar-refractivity contribution in [1.29, 1.82) is 0 Å². The highest BCUT2D eigenvalue weighted by atomic mass is 16.3. The molecule has 4 nitrogen and oxygen atoms in total. The fourth-order valence-electron chi connectivity index (χ4n) is 2.87. The van der Waals surface area contributed by atoms with Crippen LogP contribution in [0.1, 0.15) is 43.2 Å². The van der Waals surface area contributed by atoms with Crippen molar-refractivity contribution in [3.8, 4) is 0 Å². The Kier molecular flexibility index (Phi) is 5.62. The van der Waals surface area contributed by atoms with Gasteiger partial charge in [0, 0.05) is 13.1 Å². The molecule has 0 spiro atoms. The number of nitrogens with one attached hydrogen (secondary N) is 2. The van der Waals surface area contributed by atoms with Crippen LogP contribution in [0.3, 0.4) is 0 Å². The van der Waals surface area contributed by atoms with Crippen LogP contribution in [-0.2, 0) is 0 Å². The molecular formula is C17H26N2O2. The van der Waals surface area contributed by atoms with E-state index in [2.05, 4.69) is 42.7 Å². The van der Waals surface area contributed by atoms with Gasteiger partial charge in [-0.15, -0.1) is 0 Å². The summed E-state index contributed by atoms with van der Waals surface area (Å²) < 4.78 is 0. The summed E-state index contributed by atoms with van der Waals surface area (Å²) in [6, 6.07) is 8.26. The van der Waals surface area contributed by atoms with E-state index in [1.807, 2.05) is 6.07 Å². The van der Waals surface area contributed by atoms with Crippen molar-refractivity contribution in [2.45, 2.75) is 45.1 Å². The predicted octanol–water partition coefficient (Wildman–Crippen LogP) is 2.56. The first-order valence-electron chi connectivity index (χ1n) is 7.81. The number of amides is 2. The van der Waals surface area contributed by atoms with Crippen LogP contribution in [0.15, 0.2) is 24.3 Å². The second-order valence-corrected chi connectivity index (χ2v) is 6.24. The third-order valence-corrected chi connectivity index (χ3v) is 4.24. The summed E-state index contributed by atoms with van der Waals surface area (Å²) >= 11 is 0. The fraction of sp³-hybridized carbons (Fsp3) is 0.588. The van der Waals surface area contributed by atoms with Gasteiger partial charge in [-0.1, -0.05) is 36.8 Å². The maximum absolute atomic E-state index is 11.8. The third-order valence-electron chi connectivity index (χ3n) is 4.24. The number of aliphatic hydroxyl groups excluding tert-OH is 1. The van der Waals surface area contributed by atoms with E-state index >= 15 is 0 Å². The average Bonchev–Trinajstić information content (AvgIpc) is 2.88. The first-order valence-corrected chi connectivity index (χ1v) is 7.81. The Labute approximate surface area is 126 Å². The molecule has 0 saturated heterocycles. The van der Waals surface area contributed by atoms with E-state index in [1.54, 1.807) is 0 Å². The van der Waals surface area contributed by atoms with Crippen molar-refractivity contribution in [2.75, 3.05) is 13.1 Å². The van der Waals surface area contributed by atoms with Gasteiger partial charge in [-0.25, -0.2) is 4.79 Å². The molecule has 0 radical (unpaired) electrons.